The van der Waals surface area contributed by atoms with Crippen LogP contribution in [0.2, 0.25) is 0 Å². The van der Waals surface area contributed by atoms with Gasteiger partial charge in [-0.05, 0) is 36.4 Å². The van der Waals surface area contributed by atoms with Gasteiger partial charge in [-0.1, -0.05) is 12.1 Å². The molecule has 0 unspecified atom stereocenters. The van der Waals surface area contributed by atoms with Crippen molar-refractivity contribution in [3.05, 3.63) is 59.9 Å². The van der Waals surface area contributed by atoms with Crippen LogP contribution in [0.4, 0.5) is 4.39 Å². The number of para-hydroxylation sites is 1. The summed E-state index contributed by atoms with van der Waals surface area (Å²) in [6.45, 7) is -0.0648. The van der Waals surface area contributed by atoms with E-state index in [4.69, 9.17) is 9.47 Å². The number of benzene rings is 2. The fourth-order valence-electron chi connectivity index (χ4n) is 1.90. The van der Waals surface area contributed by atoms with Crippen molar-refractivity contribution in [1.82, 2.24) is 4.31 Å². The van der Waals surface area contributed by atoms with E-state index < -0.39 is 21.8 Å². The maximum Gasteiger partial charge on any atom is 0.338 e. The monoisotopic (exact) mass is 367 g/mol. The molecule has 0 spiro atoms. The van der Waals surface area contributed by atoms with Crippen molar-refractivity contribution < 1.29 is 27.1 Å². The molecule has 8 heteroatoms. The van der Waals surface area contributed by atoms with E-state index in [-0.39, 0.29) is 29.4 Å². The molecule has 0 fully saturated rings. The summed E-state index contributed by atoms with van der Waals surface area (Å²) in [5.74, 6) is -1.03. The Hall–Kier alpha value is -2.45. The van der Waals surface area contributed by atoms with Crippen LogP contribution in [0.3, 0.4) is 0 Å². The van der Waals surface area contributed by atoms with Crippen molar-refractivity contribution in [3.63, 3.8) is 0 Å². The lowest BCUT2D eigenvalue weighted by atomic mass is 10.2. The van der Waals surface area contributed by atoms with Crippen molar-refractivity contribution in [2.45, 2.75) is 4.90 Å². The van der Waals surface area contributed by atoms with Gasteiger partial charge in [-0.15, -0.1) is 0 Å². The van der Waals surface area contributed by atoms with E-state index in [0.29, 0.717) is 0 Å². The molecule has 0 amide bonds. The van der Waals surface area contributed by atoms with Crippen molar-refractivity contribution in [2.24, 2.45) is 0 Å². The van der Waals surface area contributed by atoms with E-state index in [1.165, 1.54) is 50.5 Å². The van der Waals surface area contributed by atoms with Crippen molar-refractivity contribution in [3.8, 4) is 5.75 Å². The lowest BCUT2D eigenvalue weighted by Crippen LogP contribution is -2.22. The molecule has 0 aliphatic carbocycles. The molecule has 0 N–H and O–H groups in total. The van der Waals surface area contributed by atoms with Gasteiger partial charge in [0.05, 0.1) is 10.5 Å². The van der Waals surface area contributed by atoms with E-state index in [1.807, 2.05) is 0 Å². The second-order valence-corrected chi connectivity index (χ2v) is 7.38. The summed E-state index contributed by atoms with van der Waals surface area (Å²) in [4.78, 5) is 12.0. The zero-order chi connectivity index (χ0) is 18.4. The minimum atomic E-state index is -3.55. The van der Waals surface area contributed by atoms with E-state index in [0.717, 1.165) is 4.31 Å². The fraction of sp³-hybridized carbons (Fsp3) is 0.235. The summed E-state index contributed by atoms with van der Waals surface area (Å²) in [7, 11) is -0.702. The van der Waals surface area contributed by atoms with Crippen LogP contribution in [0.5, 0.6) is 5.75 Å². The Bertz CT molecular complexity index is 834. The molecule has 0 atom stereocenters. The maximum absolute atomic E-state index is 13.3. The van der Waals surface area contributed by atoms with E-state index >= 15 is 0 Å². The molecule has 2 aromatic carbocycles. The third-order valence-corrected chi connectivity index (χ3v) is 5.11. The Kier molecular flexibility index (Phi) is 6.11. The largest absolute Gasteiger partial charge is 0.487 e. The molecule has 0 aliphatic rings. The van der Waals surface area contributed by atoms with Gasteiger partial charge in [-0.2, -0.15) is 0 Å². The standard InChI is InChI=1S/C17H18FNO5S/c1-19(2)25(21,22)14-9-7-13(8-10-14)17(20)24-12-11-23-16-6-4-3-5-15(16)18/h3-10H,11-12H2,1-2H3. The number of hydrogen-bond donors (Lipinski definition) is 0. The van der Waals surface area contributed by atoms with Gasteiger partial charge >= 0.3 is 5.97 Å². The SMILES string of the molecule is CN(C)S(=O)(=O)c1ccc(C(=O)OCCOc2ccccc2F)cc1. The second-order valence-electron chi connectivity index (χ2n) is 5.23. The number of esters is 1. The van der Waals surface area contributed by atoms with Crippen LogP contribution in [0, 0.1) is 5.82 Å². The molecule has 134 valence electrons. The van der Waals surface area contributed by atoms with E-state index in [2.05, 4.69) is 0 Å². The lowest BCUT2D eigenvalue weighted by Gasteiger charge is -2.11. The zero-order valence-corrected chi connectivity index (χ0v) is 14.6. The summed E-state index contributed by atoms with van der Waals surface area (Å²) in [5.41, 5.74) is 0.212. The molecular weight excluding hydrogens is 349 g/mol. The van der Waals surface area contributed by atoms with Crippen LogP contribution < -0.4 is 4.74 Å². The Morgan fingerprint density at radius 2 is 1.68 bits per heavy atom. The first kappa shape index (κ1) is 18.9. The van der Waals surface area contributed by atoms with Crippen LogP contribution in [-0.2, 0) is 14.8 Å². The van der Waals surface area contributed by atoms with Gasteiger partial charge in [0.25, 0.3) is 0 Å². The second kappa shape index (κ2) is 8.09. The van der Waals surface area contributed by atoms with Crippen LogP contribution >= 0.6 is 0 Å². The summed E-state index contributed by atoms with van der Waals surface area (Å²) in [5, 5.41) is 0. The van der Waals surface area contributed by atoms with Crippen LogP contribution in [0.1, 0.15) is 10.4 Å². The van der Waals surface area contributed by atoms with Gasteiger partial charge in [0.2, 0.25) is 10.0 Å². The minimum absolute atomic E-state index is 0.000233. The van der Waals surface area contributed by atoms with Crippen LogP contribution in [-0.4, -0.2) is 46.0 Å². The average molecular weight is 367 g/mol. The van der Waals surface area contributed by atoms with Gasteiger partial charge in [0.15, 0.2) is 11.6 Å². The molecule has 2 aromatic rings. The van der Waals surface area contributed by atoms with Gasteiger partial charge in [0.1, 0.15) is 13.2 Å². The highest BCUT2D eigenvalue weighted by Gasteiger charge is 2.17. The fourth-order valence-corrected chi connectivity index (χ4v) is 2.81. The number of carbonyl (C=O) groups excluding carboxylic acids is 1. The highest BCUT2D eigenvalue weighted by molar-refractivity contribution is 7.89. The number of ether oxygens (including phenoxy) is 2. The van der Waals surface area contributed by atoms with Gasteiger partial charge in [0, 0.05) is 14.1 Å². The highest BCUT2D eigenvalue weighted by atomic mass is 32.2. The molecule has 0 heterocycles. The lowest BCUT2D eigenvalue weighted by molar-refractivity contribution is 0.0448. The third kappa shape index (κ3) is 4.77. The van der Waals surface area contributed by atoms with E-state index in [1.54, 1.807) is 12.1 Å². The third-order valence-electron chi connectivity index (χ3n) is 3.28. The Morgan fingerprint density at radius 1 is 1.04 bits per heavy atom. The highest BCUT2D eigenvalue weighted by Crippen LogP contribution is 2.16. The Morgan fingerprint density at radius 3 is 2.28 bits per heavy atom. The van der Waals surface area contributed by atoms with Gasteiger partial charge < -0.3 is 9.47 Å². The first-order valence-electron chi connectivity index (χ1n) is 7.39. The number of carbonyl (C=O) groups is 1. The van der Waals surface area contributed by atoms with Crippen molar-refractivity contribution >= 4 is 16.0 Å². The summed E-state index contributed by atoms with van der Waals surface area (Å²) < 4.78 is 48.5. The molecule has 0 aliphatic heterocycles. The first-order valence-corrected chi connectivity index (χ1v) is 8.83. The van der Waals surface area contributed by atoms with Crippen LogP contribution in [0.15, 0.2) is 53.4 Å². The smallest absolute Gasteiger partial charge is 0.338 e. The van der Waals surface area contributed by atoms with Crippen molar-refractivity contribution in [2.75, 3.05) is 27.3 Å². The predicted octanol–water partition coefficient (Wildman–Crippen LogP) is 2.31. The Labute approximate surface area is 145 Å². The van der Waals surface area contributed by atoms with Gasteiger partial charge in [-0.3, -0.25) is 0 Å². The molecule has 2 rings (SSSR count). The first-order chi connectivity index (χ1) is 11.8. The van der Waals surface area contributed by atoms with E-state index in [9.17, 15) is 17.6 Å². The Balaban J connectivity index is 1.88. The summed E-state index contributed by atoms with van der Waals surface area (Å²) >= 11 is 0. The molecule has 6 nitrogen and oxygen atoms in total. The number of hydrogen-bond acceptors (Lipinski definition) is 5. The molecule has 0 radical (unpaired) electrons. The molecule has 25 heavy (non-hydrogen) atoms. The number of halogens is 1. The predicted molar refractivity (Wildman–Crippen MR) is 89.5 cm³/mol. The number of rotatable bonds is 7. The quantitative estimate of drug-likeness (QED) is 0.555. The summed E-state index contributed by atoms with van der Waals surface area (Å²) in [6.07, 6.45) is 0. The average Bonchev–Trinajstić information content (AvgIpc) is 2.60. The molecule has 0 saturated heterocycles. The topological polar surface area (TPSA) is 72.9 Å². The molecule has 0 bridgehead atoms. The molecular formula is C17H18FNO5S. The minimum Gasteiger partial charge on any atom is -0.487 e. The number of nitrogens with zero attached hydrogens (tertiary/aromatic N) is 1. The molecule has 0 saturated carbocycles. The van der Waals surface area contributed by atoms with Gasteiger partial charge in [-0.25, -0.2) is 21.9 Å². The van der Waals surface area contributed by atoms with Crippen LogP contribution in [0.25, 0.3) is 0 Å². The molecule has 0 aromatic heterocycles. The zero-order valence-electron chi connectivity index (χ0n) is 13.8. The number of sulfonamides is 1. The normalized spacial score (nSPS) is 11.4. The van der Waals surface area contributed by atoms with Crippen molar-refractivity contribution in [1.29, 1.82) is 0 Å². The maximum atomic E-state index is 13.3. The summed E-state index contributed by atoms with van der Waals surface area (Å²) in [6, 6.07) is 11.3.